The summed E-state index contributed by atoms with van der Waals surface area (Å²) in [5.41, 5.74) is 4.26. The van der Waals surface area contributed by atoms with Crippen molar-refractivity contribution < 1.29 is 8.94 Å². The molecule has 0 saturated carbocycles. The second kappa shape index (κ2) is 8.84. The highest BCUT2D eigenvalue weighted by molar-refractivity contribution is 7.98. The van der Waals surface area contributed by atoms with Crippen LogP contribution in [0, 0.1) is 13.8 Å². The molecular weight excluding hydrogens is 422 g/mol. The second-order valence-electron chi connectivity index (χ2n) is 7.46. The zero-order valence-corrected chi connectivity index (χ0v) is 18.5. The molecule has 0 spiro atoms. The van der Waals surface area contributed by atoms with Crippen LogP contribution in [0.25, 0.3) is 22.8 Å². The van der Waals surface area contributed by atoms with E-state index in [1.165, 1.54) is 11.8 Å². The fourth-order valence-corrected chi connectivity index (χ4v) is 4.24. The molecule has 3 aromatic heterocycles. The lowest BCUT2D eigenvalue weighted by Crippen LogP contribution is -2.04. The van der Waals surface area contributed by atoms with Gasteiger partial charge < -0.3 is 8.94 Å². The number of aromatic nitrogens is 5. The van der Waals surface area contributed by atoms with Crippen LogP contribution in [0.4, 0.5) is 0 Å². The molecule has 0 fully saturated rings. The maximum Gasteiger partial charge on any atom is 0.237 e. The number of nitrogens with zero attached hydrogens (tertiary/aromatic N) is 5. The third kappa shape index (κ3) is 4.22. The molecule has 7 nitrogen and oxygen atoms in total. The minimum absolute atomic E-state index is 0.489. The van der Waals surface area contributed by atoms with Crippen molar-refractivity contribution in [3.8, 4) is 22.8 Å². The molecule has 0 aliphatic rings. The average molecular weight is 444 g/mol. The van der Waals surface area contributed by atoms with Crippen molar-refractivity contribution in [3.05, 3.63) is 89.7 Å². The van der Waals surface area contributed by atoms with Gasteiger partial charge in [0.2, 0.25) is 11.7 Å². The van der Waals surface area contributed by atoms with Gasteiger partial charge >= 0.3 is 0 Å². The molecule has 5 aromatic rings. The average Bonchev–Trinajstić information content (AvgIpc) is 3.55. The van der Waals surface area contributed by atoms with Crippen molar-refractivity contribution >= 4 is 11.8 Å². The van der Waals surface area contributed by atoms with E-state index >= 15 is 0 Å². The Morgan fingerprint density at radius 1 is 0.969 bits per heavy atom. The van der Waals surface area contributed by atoms with E-state index in [9.17, 15) is 0 Å². The van der Waals surface area contributed by atoms with E-state index in [-0.39, 0.29) is 0 Å². The Morgan fingerprint density at radius 3 is 2.69 bits per heavy atom. The van der Waals surface area contributed by atoms with E-state index in [2.05, 4.69) is 44.0 Å². The minimum Gasteiger partial charge on any atom is -0.467 e. The van der Waals surface area contributed by atoms with Crippen LogP contribution in [0.2, 0.25) is 0 Å². The van der Waals surface area contributed by atoms with Crippen molar-refractivity contribution in [3.63, 3.8) is 0 Å². The number of furan rings is 1. The third-order valence-corrected chi connectivity index (χ3v) is 6.02. The molecule has 0 atom stereocenters. The number of rotatable bonds is 7. The maximum atomic E-state index is 5.58. The highest BCUT2D eigenvalue weighted by Gasteiger charge is 2.18. The van der Waals surface area contributed by atoms with Crippen LogP contribution in [0.15, 0.2) is 81.0 Å². The van der Waals surface area contributed by atoms with Crippen LogP contribution in [-0.4, -0.2) is 24.9 Å². The summed E-state index contributed by atoms with van der Waals surface area (Å²) in [4.78, 5) is 4.55. The van der Waals surface area contributed by atoms with Crippen LogP contribution in [0.5, 0.6) is 0 Å². The van der Waals surface area contributed by atoms with Gasteiger partial charge in [-0.3, -0.25) is 4.57 Å². The van der Waals surface area contributed by atoms with Gasteiger partial charge in [-0.25, -0.2) is 0 Å². The number of hydrogen-bond acceptors (Lipinski definition) is 7. The molecule has 8 heteroatoms. The number of hydrogen-bond donors (Lipinski definition) is 0. The Balaban J connectivity index is 1.41. The first kappa shape index (κ1) is 20.3. The van der Waals surface area contributed by atoms with Crippen LogP contribution in [-0.2, 0) is 12.3 Å². The Kier molecular flexibility index (Phi) is 5.60. The topological polar surface area (TPSA) is 82.8 Å². The number of aryl methyl sites for hydroxylation is 2. The second-order valence-corrected chi connectivity index (χ2v) is 8.40. The lowest BCUT2D eigenvalue weighted by molar-refractivity contribution is 0.391. The molecule has 32 heavy (non-hydrogen) atoms. The highest BCUT2D eigenvalue weighted by Crippen LogP contribution is 2.29. The molecule has 0 aliphatic carbocycles. The van der Waals surface area contributed by atoms with Crippen molar-refractivity contribution in [1.82, 2.24) is 24.9 Å². The minimum atomic E-state index is 0.489. The molecule has 0 unspecified atom stereocenters. The smallest absolute Gasteiger partial charge is 0.237 e. The lowest BCUT2D eigenvalue weighted by atomic mass is 10.1. The summed E-state index contributed by atoms with van der Waals surface area (Å²) in [5, 5.41) is 13.8. The maximum absolute atomic E-state index is 5.58. The van der Waals surface area contributed by atoms with Gasteiger partial charge in [0.25, 0.3) is 0 Å². The normalized spacial score (nSPS) is 11.2. The SMILES string of the molecule is Cc1cccc(-c2noc(CSc3nnc(-c4ccccc4C)n3Cc3ccco3)n2)c1. The van der Waals surface area contributed by atoms with E-state index in [1.54, 1.807) is 6.26 Å². The summed E-state index contributed by atoms with van der Waals surface area (Å²) in [6, 6.07) is 20.0. The lowest BCUT2D eigenvalue weighted by Gasteiger charge is -2.10. The predicted octanol–water partition coefficient (Wildman–Crippen LogP) is 5.55. The number of benzene rings is 2. The first-order valence-corrected chi connectivity index (χ1v) is 11.2. The Bertz CT molecular complexity index is 1340. The van der Waals surface area contributed by atoms with E-state index in [1.807, 2.05) is 55.5 Å². The van der Waals surface area contributed by atoms with Gasteiger partial charge in [0.1, 0.15) is 5.76 Å². The quantitative estimate of drug-likeness (QED) is 0.305. The van der Waals surface area contributed by atoms with Gasteiger partial charge in [-0.2, -0.15) is 4.98 Å². The van der Waals surface area contributed by atoms with Gasteiger partial charge in [-0.1, -0.05) is 64.9 Å². The van der Waals surface area contributed by atoms with Crippen LogP contribution >= 0.6 is 11.8 Å². The predicted molar refractivity (Wildman–Crippen MR) is 122 cm³/mol. The summed E-state index contributed by atoms with van der Waals surface area (Å²) in [6.45, 7) is 4.64. The molecule has 0 saturated heterocycles. The van der Waals surface area contributed by atoms with Crippen molar-refractivity contribution in [1.29, 1.82) is 0 Å². The molecule has 0 amide bonds. The highest BCUT2D eigenvalue weighted by atomic mass is 32.2. The fourth-order valence-electron chi connectivity index (χ4n) is 3.46. The fraction of sp³-hybridized carbons (Fsp3) is 0.167. The van der Waals surface area contributed by atoms with Gasteiger partial charge in [-0.05, 0) is 37.6 Å². The molecule has 5 rings (SSSR count). The van der Waals surface area contributed by atoms with Crippen molar-refractivity contribution in [2.75, 3.05) is 0 Å². The largest absolute Gasteiger partial charge is 0.467 e. The zero-order valence-electron chi connectivity index (χ0n) is 17.7. The Labute approximate surface area is 189 Å². The Morgan fingerprint density at radius 2 is 1.88 bits per heavy atom. The molecule has 3 heterocycles. The van der Waals surface area contributed by atoms with Crippen LogP contribution in [0.3, 0.4) is 0 Å². The summed E-state index contributed by atoms with van der Waals surface area (Å²) in [5.74, 6) is 3.25. The molecular formula is C24H21N5O2S. The van der Waals surface area contributed by atoms with E-state index in [0.717, 1.165) is 39.0 Å². The molecule has 0 bridgehead atoms. The summed E-state index contributed by atoms with van der Waals surface area (Å²) < 4.78 is 13.1. The molecule has 0 radical (unpaired) electrons. The zero-order chi connectivity index (χ0) is 21.9. The van der Waals surface area contributed by atoms with E-state index in [0.29, 0.717) is 24.0 Å². The monoisotopic (exact) mass is 443 g/mol. The number of thioether (sulfide) groups is 1. The van der Waals surface area contributed by atoms with Crippen molar-refractivity contribution in [2.45, 2.75) is 31.3 Å². The summed E-state index contributed by atoms with van der Waals surface area (Å²) in [6.07, 6.45) is 1.67. The first-order chi connectivity index (χ1) is 15.7. The van der Waals surface area contributed by atoms with Crippen LogP contribution in [0.1, 0.15) is 22.8 Å². The van der Waals surface area contributed by atoms with Gasteiger partial charge in [0.05, 0.1) is 18.6 Å². The van der Waals surface area contributed by atoms with Gasteiger partial charge in [0, 0.05) is 11.1 Å². The molecule has 0 aliphatic heterocycles. The van der Waals surface area contributed by atoms with Gasteiger partial charge in [0.15, 0.2) is 11.0 Å². The van der Waals surface area contributed by atoms with Crippen LogP contribution < -0.4 is 0 Å². The van der Waals surface area contributed by atoms with Gasteiger partial charge in [-0.15, -0.1) is 10.2 Å². The first-order valence-electron chi connectivity index (χ1n) is 10.2. The molecule has 160 valence electrons. The third-order valence-electron chi connectivity index (χ3n) is 5.07. The Hall–Kier alpha value is -3.65. The van der Waals surface area contributed by atoms with E-state index < -0.39 is 0 Å². The van der Waals surface area contributed by atoms with E-state index in [4.69, 9.17) is 8.94 Å². The van der Waals surface area contributed by atoms with Crippen molar-refractivity contribution in [2.24, 2.45) is 0 Å². The standard InChI is InChI=1S/C24H21N5O2S/c1-16-7-5-9-18(13-16)22-25-21(31-28-22)15-32-24-27-26-23(20-11-4-3-8-17(20)2)29(24)14-19-10-6-12-30-19/h3-13H,14-15H2,1-2H3. The molecule has 2 aromatic carbocycles. The summed E-state index contributed by atoms with van der Waals surface area (Å²) in [7, 11) is 0. The summed E-state index contributed by atoms with van der Waals surface area (Å²) >= 11 is 1.51. The molecule has 0 N–H and O–H groups in total.